The molecule has 0 radical (unpaired) electrons. The van der Waals surface area contributed by atoms with Crippen LogP contribution in [-0.2, 0) is 0 Å². The monoisotopic (exact) mass is 326 g/mol. The van der Waals surface area contributed by atoms with Crippen LogP contribution < -0.4 is 5.32 Å². The largest absolute Gasteiger partial charge is 0.339 e. The molecule has 0 bridgehead atoms. The van der Waals surface area contributed by atoms with Crippen LogP contribution >= 0.6 is 0 Å². The molecule has 1 heterocycles. The summed E-state index contributed by atoms with van der Waals surface area (Å²) in [6.45, 7) is 5.26. The molecule has 6 nitrogen and oxygen atoms in total. The summed E-state index contributed by atoms with van der Waals surface area (Å²) in [6, 6.07) is 8.75. The number of aromatic nitrogens is 2. The number of anilines is 1. The summed E-state index contributed by atoms with van der Waals surface area (Å²) in [7, 11) is 0. The van der Waals surface area contributed by atoms with Crippen molar-refractivity contribution in [3.05, 3.63) is 47.3 Å². The van der Waals surface area contributed by atoms with E-state index in [1.165, 1.54) is 0 Å². The number of aromatic amines is 1. The molecule has 1 saturated carbocycles. The normalized spacial score (nSPS) is 13.6. The lowest BCUT2D eigenvalue weighted by Gasteiger charge is -2.18. The van der Waals surface area contributed by atoms with E-state index in [-0.39, 0.29) is 11.8 Å². The third-order valence-corrected chi connectivity index (χ3v) is 4.29. The van der Waals surface area contributed by atoms with Gasteiger partial charge in [0.1, 0.15) is 0 Å². The Morgan fingerprint density at radius 1 is 1.21 bits per heavy atom. The minimum Gasteiger partial charge on any atom is -0.339 e. The number of carbonyl (C=O) groups excluding carboxylic acids is 2. The van der Waals surface area contributed by atoms with Crippen LogP contribution in [-0.4, -0.2) is 40.0 Å². The van der Waals surface area contributed by atoms with Crippen LogP contribution in [0.5, 0.6) is 0 Å². The Balaban J connectivity index is 1.64. The van der Waals surface area contributed by atoms with E-state index in [0.29, 0.717) is 36.0 Å². The lowest BCUT2D eigenvalue weighted by Crippen LogP contribution is -2.30. The van der Waals surface area contributed by atoms with E-state index in [0.717, 1.165) is 18.5 Å². The first-order valence-corrected chi connectivity index (χ1v) is 8.38. The highest BCUT2D eigenvalue weighted by atomic mass is 16.2. The minimum absolute atomic E-state index is 0.000692. The van der Waals surface area contributed by atoms with Gasteiger partial charge in [-0.05, 0) is 57.0 Å². The molecule has 2 N–H and O–H groups in total. The van der Waals surface area contributed by atoms with E-state index in [1.54, 1.807) is 29.2 Å². The molecule has 0 aliphatic heterocycles. The van der Waals surface area contributed by atoms with Crippen LogP contribution in [0.3, 0.4) is 0 Å². The lowest BCUT2D eigenvalue weighted by molar-refractivity contribution is 0.0773. The highest BCUT2D eigenvalue weighted by Crippen LogP contribution is 2.39. The molecular formula is C18H22N4O2. The summed E-state index contributed by atoms with van der Waals surface area (Å²) in [4.78, 5) is 26.2. The molecule has 1 fully saturated rings. The zero-order valence-corrected chi connectivity index (χ0v) is 14.0. The SMILES string of the molecule is CCN(CC)C(=O)c1ccc(NC(=O)c2cc(C3CC3)[nH]n2)cc1. The maximum Gasteiger partial charge on any atom is 0.276 e. The number of carbonyl (C=O) groups is 2. The predicted octanol–water partition coefficient (Wildman–Crippen LogP) is 3.02. The molecule has 1 aliphatic rings. The Labute approximate surface area is 141 Å². The Hall–Kier alpha value is -2.63. The highest BCUT2D eigenvalue weighted by Gasteiger charge is 2.26. The van der Waals surface area contributed by atoms with Crippen LogP contribution in [0.15, 0.2) is 30.3 Å². The number of nitrogens with one attached hydrogen (secondary N) is 2. The number of amides is 2. The van der Waals surface area contributed by atoms with Crippen molar-refractivity contribution in [2.24, 2.45) is 0 Å². The summed E-state index contributed by atoms with van der Waals surface area (Å²) in [5.41, 5.74) is 2.68. The van der Waals surface area contributed by atoms with Gasteiger partial charge in [-0.2, -0.15) is 5.10 Å². The van der Waals surface area contributed by atoms with E-state index in [9.17, 15) is 9.59 Å². The van der Waals surface area contributed by atoms with Crippen molar-refractivity contribution < 1.29 is 9.59 Å². The van der Waals surface area contributed by atoms with E-state index in [1.807, 2.05) is 19.9 Å². The molecule has 1 aliphatic carbocycles. The molecule has 2 aromatic rings. The summed E-state index contributed by atoms with van der Waals surface area (Å²) in [5.74, 6) is 0.282. The number of rotatable bonds is 6. The summed E-state index contributed by atoms with van der Waals surface area (Å²) >= 11 is 0. The van der Waals surface area contributed by atoms with E-state index in [2.05, 4.69) is 15.5 Å². The van der Waals surface area contributed by atoms with Gasteiger partial charge in [0.05, 0.1) is 0 Å². The number of hydrogen-bond donors (Lipinski definition) is 2. The Kier molecular flexibility index (Phi) is 4.64. The van der Waals surface area contributed by atoms with Gasteiger partial charge in [-0.3, -0.25) is 14.7 Å². The summed E-state index contributed by atoms with van der Waals surface area (Å²) in [5, 5.41) is 9.80. The fourth-order valence-electron chi connectivity index (χ4n) is 2.64. The Morgan fingerprint density at radius 2 is 1.88 bits per heavy atom. The van der Waals surface area contributed by atoms with Crippen LogP contribution in [0, 0.1) is 0 Å². The molecule has 0 unspecified atom stereocenters. The molecule has 126 valence electrons. The van der Waals surface area contributed by atoms with Gasteiger partial charge in [-0.25, -0.2) is 0 Å². The fraction of sp³-hybridized carbons (Fsp3) is 0.389. The molecule has 0 saturated heterocycles. The Morgan fingerprint density at radius 3 is 2.46 bits per heavy atom. The van der Waals surface area contributed by atoms with Crippen molar-refractivity contribution in [1.29, 1.82) is 0 Å². The second-order valence-electron chi connectivity index (χ2n) is 5.99. The van der Waals surface area contributed by atoms with Crippen molar-refractivity contribution in [3.63, 3.8) is 0 Å². The predicted molar refractivity (Wildman–Crippen MR) is 92.2 cm³/mol. The van der Waals surface area contributed by atoms with Gasteiger partial charge in [-0.1, -0.05) is 0 Å². The maximum absolute atomic E-state index is 12.3. The first-order valence-electron chi connectivity index (χ1n) is 8.38. The maximum atomic E-state index is 12.3. The van der Waals surface area contributed by atoms with Gasteiger partial charge in [0.15, 0.2) is 5.69 Å². The molecule has 6 heteroatoms. The Bertz CT molecular complexity index is 728. The van der Waals surface area contributed by atoms with Gasteiger partial charge in [-0.15, -0.1) is 0 Å². The summed E-state index contributed by atoms with van der Waals surface area (Å²) < 4.78 is 0. The number of hydrogen-bond acceptors (Lipinski definition) is 3. The van der Waals surface area contributed by atoms with E-state index in [4.69, 9.17) is 0 Å². The molecule has 0 spiro atoms. The third-order valence-electron chi connectivity index (χ3n) is 4.29. The molecule has 1 aromatic carbocycles. The average molecular weight is 326 g/mol. The first-order chi connectivity index (χ1) is 11.6. The summed E-state index contributed by atoms with van der Waals surface area (Å²) in [6.07, 6.45) is 2.32. The van der Waals surface area contributed by atoms with E-state index >= 15 is 0 Å². The third kappa shape index (κ3) is 3.48. The van der Waals surface area contributed by atoms with Crippen LogP contribution in [0.2, 0.25) is 0 Å². The smallest absolute Gasteiger partial charge is 0.276 e. The molecule has 24 heavy (non-hydrogen) atoms. The zero-order chi connectivity index (χ0) is 17.1. The van der Waals surface area contributed by atoms with Crippen molar-refractivity contribution in [3.8, 4) is 0 Å². The standard InChI is InChI=1S/C18H22N4O2/c1-3-22(4-2)18(24)13-7-9-14(10-8-13)19-17(23)16-11-15(20-21-16)12-5-6-12/h7-12H,3-6H2,1-2H3,(H,19,23)(H,20,21). The van der Waals surface area contributed by atoms with Crippen LogP contribution in [0.25, 0.3) is 0 Å². The van der Waals surface area contributed by atoms with Gasteiger partial charge in [0, 0.05) is 36.0 Å². The zero-order valence-electron chi connectivity index (χ0n) is 14.0. The van der Waals surface area contributed by atoms with Crippen molar-refractivity contribution in [2.45, 2.75) is 32.6 Å². The fourth-order valence-corrected chi connectivity index (χ4v) is 2.64. The number of nitrogens with zero attached hydrogens (tertiary/aromatic N) is 2. The van der Waals surface area contributed by atoms with Gasteiger partial charge >= 0.3 is 0 Å². The minimum atomic E-state index is -0.249. The quantitative estimate of drug-likeness (QED) is 0.856. The van der Waals surface area contributed by atoms with Crippen LogP contribution in [0.1, 0.15) is 59.1 Å². The highest BCUT2D eigenvalue weighted by molar-refractivity contribution is 6.03. The molecule has 3 rings (SSSR count). The van der Waals surface area contributed by atoms with Crippen molar-refractivity contribution >= 4 is 17.5 Å². The number of H-pyrrole nitrogens is 1. The lowest BCUT2D eigenvalue weighted by atomic mass is 10.1. The van der Waals surface area contributed by atoms with Crippen molar-refractivity contribution in [1.82, 2.24) is 15.1 Å². The molecule has 1 aromatic heterocycles. The van der Waals surface area contributed by atoms with Crippen LogP contribution in [0.4, 0.5) is 5.69 Å². The first kappa shape index (κ1) is 16.2. The van der Waals surface area contributed by atoms with Gasteiger partial charge in [0.2, 0.25) is 0 Å². The molecule has 2 amide bonds. The number of benzene rings is 1. The second kappa shape index (κ2) is 6.86. The average Bonchev–Trinajstić information content (AvgIpc) is 3.33. The van der Waals surface area contributed by atoms with Gasteiger partial charge < -0.3 is 10.2 Å². The molecule has 0 atom stereocenters. The van der Waals surface area contributed by atoms with Crippen molar-refractivity contribution in [2.75, 3.05) is 18.4 Å². The molecular weight excluding hydrogens is 304 g/mol. The van der Waals surface area contributed by atoms with Gasteiger partial charge in [0.25, 0.3) is 11.8 Å². The second-order valence-corrected chi connectivity index (χ2v) is 5.99. The topological polar surface area (TPSA) is 78.1 Å². The van der Waals surface area contributed by atoms with E-state index < -0.39 is 0 Å².